The van der Waals surface area contributed by atoms with Crippen LogP contribution in [0.5, 0.6) is 0 Å². The minimum Gasteiger partial charge on any atom is -0.377 e. The van der Waals surface area contributed by atoms with Crippen molar-refractivity contribution in [1.82, 2.24) is 0 Å². The van der Waals surface area contributed by atoms with Crippen molar-refractivity contribution in [2.75, 3.05) is 0 Å². The van der Waals surface area contributed by atoms with E-state index >= 15 is 0 Å². The molecule has 0 bridgehead atoms. The third-order valence-corrected chi connectivity index (χ3v) is 4.11. The number of rotatable bonds is 4. The van der Waals surface area contributed by atoms with Crippen LogP contribution in [0.15, 0.2) is 58.7 Å². The summed E-state index contributed by atoms with van der Waals surface area (Å²) in [6.07, 6.45) is -3.30. The number of nitrogens with zero attached hydrogens (tertiary/aromatic N) is 2. The molecule has 2 aromatic carbocycles. The van der Waals surface area contributed by atoms with E-state index in [1.165, 1.54) is 17.8 Å². The molecule has 24 heavy (non-hydrogen) atoms. The van der Waals surface area contributed by atoms with Gasteiger partial charge in [-0.15, -0.1) is 5.10 Å². The number of nitrogens with two attached hydrogens (primary N) is 1. The molecule has 8 heteroatoms. The van der Waals surface area contributed by atoms with Gasteiger partial charge in [-0.1, -0.05) is 53.7 Å². The first-order valence-corrected chi connectivity index (χ1v) is 8.12. The summed E-state index contributed by atoms with van der Waals surface area (Å²) in [5.41, 5.74) is 6.10. The smallest absolute Gasteiger partial charge is 0.377 e. The first kappa shape index (κ1) is 18.4. The van der Waals surface area contributed by atoms with Crippen LogP contribution in [0.4, 0.5) is 13.2 Å². The Bertz CT molecular complexity index is 746. The number of amidine groups is 1. The number of halogens is 4. The van der Waals surface area contributed by atoms with Crippen LogP contribution in [0.2, 0.25) is 5.02 Å². The summed E-state index contributed by atoms with van der Waals surface area (Å²) in [6.45, 7) is 0. The van der Waals surface area contributed by atoms with Crippen LogP contribution in [-0.2, 0) is 11.9 Å². The normalized spacial score (nSPS) is 12.8. The predicted molar refractivity (Wildman–Crippen MR) is 93.4 cm³/mol. The quantitative estimate of drug-likeness (QED) is 0.470. The Morgan fingerprint density at radius 1 is 1.17 bits per heavy atom. The van der Waals surface area contributed by atoms with E-state index in [9.17, 15) is 13.2 Å². The molecule has 2 rings (SSSR count). The van der Waals surface area contributed by atoms with Crippen molar-refractivity contribution >= 4 is 34.7 Å². The summed E-state index contributed by atoms with van der Waals surface area (Å²) < 4.78 is 38.0. The van der Waals surface area contributed by atoms with E-state index < -0.39 is 11.7 Å². The highest BCUT2D eigenvalue weighted by molar-refractivity contribution is 8.13. The lowest BCUT2D eigenvalue weighted by Gasteiger charge is -2.07. The second-order valence-electron chi connectivity index (χ2n) is 4.69. The molecule has 0 fully saturated rings. The number of alkyl halides is 3. The topological polar surface area (TPSA) is 50.7 Å². The van der Waals surface area contributed by atoms with Crippen molar-refractivity contribution in [1.29, 1.82) is 0 Å². The molecule has 0 atom stereocenters. The maximum absolute atomic E-state index is 12.7. The molecule has 2 aromatic rings. The van der Waals surface area contributed by atoms with Crippen molar-refractivity contribution in [2.24, 2.45) is 15.9 Å². The maximum Gasteiger partial charge on any atom is 0.416 e. The molecule has 0 unspecified atom stereocenters. The molecule has 0 aromatic heterocycles. The molecule has 0 spiro atoms. The lowest BCUT2D eigenvalue weighted by molar-refractivity contribution is -0.137. The van der Waals surface area contributed by atoms with E-state index in [-0.39, 0.29) is 15.8 Å². The zero-order valence-electron chi connectivity index (χ0n) is 12.3. The lowest BCUT2D eigenvalue weighted by atomic mass is 10.1. The van der Waals surface area contributed by atoms with Crippen molar-refractivity contribution in [2.45, 2.75) is 11.9 Å². The Morgan fingerprint density at radius 2 is 1.88 bits per heavy atom. The molecule has 0 saturated carbocycles. The van der Waals surface area contributed by atoms with Gasteiger partial charge < -0.3 is 5.73 Å². The average Bonchev–Trinajstić information content (AvgIpc) is 2.54. The molecule has 3 nitrogen and oxygen atoms in total. The summed E-state index contributed by atoms with van der Waals surface area (Å²) in [4.78, 5) is 0. The minimum absolute atomic E-state index is 0.121. The highest BCUT2D eigenvalue weighted by Crippen LogP contribution is 2.31. The number of hydrogen-bond donors (Lipinski definition) is 1. The average molecular weight is 372 g/mol. The first-order chi connectivity index (χ1) is 11.4. The summed E-state index contributed by atoms with van der Waals surface area (Å²) in [5, 5.41) is 7.81. The van der Waals surface area contributed by atoms with Crippen LogP contribution < -0.4 is 5.73 Å². The van der Waals surface area contributed by atoms with Crippen LogP contribution in [-0.4, -0.2) is 11.4 Å². The number of thioether (sulfide) groups is 1. The van der Waals surface area contributed by atoms with E-state index in [4.69, 9.17) is 17.3 Å². The monoisotopic (exact) mass is 371 g/mol. The number of benzene rings is 2. The highest BCUT2D eigenvalue weighted by atomic mass is 35.5. The number of hydrogen-bond acceptors (Lipinski definition) is 3. The minimum atomic E-state index is -4.44. The Kier molecular flexibility index (Phi) is 6.28. The van der Waals surface area contributed by atoms with Gasteiger partial charge in [0.05, 0.1) is 11.8 Å². The van der Waals surface area contributed by atoms with Crippen molar-refractivity contribution in [3.63, 3.8) is 0 Å². The van der Waals surface area contributed by atoms with E-state index in [0.717, 1.165) is 23.9 Å². The Balaban J connectivity index is 2.02. The Labute approximate surface area is 146 Å². The van der Waals surface area contributed by atoms with Gasteiger partial charge in [0.15, 0.2) is 5.17 Å². The fraction of sp³-hybridized carbons (Fsp3) is 0.125. The van der Waals surface area contributed by atoms with Gasteiger partial charge in [-0.2, -0.15) is 18.3 Å². The van der Waals surface area contributed by atoms with Gasteiger partial charge in [-0.25, -0.2) is 0 Å². The van der Waals surface area contributed by atoms with Gasteiger partial charge in [0.2, 0.25) is 0 Å². The first-order valence-electron chi connectivity index (χ1n) is 6.76. The second kappa shape index (κ2) is 8.21. The summed E-state index contributed by atoms with van der Waals surface area (Å²) >= 11 is 7.14. The molecule has 0 aliphatic rings. The molecular weight excluding hydrogens is 359 g/mol. The van der Waals surface area contributed by atoms with E-state index in [2.05, 4.69) is 10.2 Å². The third kappa shape index (κ3) is 5.58. The van der Waals surface area contributed by atoms with Crippen LogP contribution in [0.1, 0.15) is 16.7 Å². The van der Waals surface area contributed by atoms with Gasteiger partial charge in [0.1, 0.15) is 0 Å². The molecule has 0 aliphatic carbocycles. The molecule has 0 aliphatic heterocycles. The Hall–Kier alpha value is -1.99. The van der Waals surface area contributed by atoms with E-state index in [0.29, 0.717) is 5.75 Å². The molecule has 2 N–H and O–H groups in total. The van der Waals surface area contributed by atoms with Crippen molar-refractivity contribution < 1.29 is 13.2 Å². The standard InChI is InChI=1S/C16H13ClF3N3S/c17-14-7-6-13(16(18,19)20)8-12(14)9-22-23-15(21)24-10-11-4-2-1-3-5-11/h1-9H,10H2,(H2,21,23). The third-order valence-electron chi connectivity index (χ3n) is 2.91. The van der Waals surface area contributed by atoms with Gasteiger partial charge in [-0.05, 0) is 23.8 Å². The van der Waals surface area contributed by atoms with Crippen LogP contribution in [0, 0.1) is 0 Å². The van der Waals surface area contributed by atoms with Crippen LogP contribution >= 0.6 is 23.4 Å². The SMILES string of the molecule is NC(=NN=Cc1cc(C(F)(F)F)ccc1Cl)SCc1ccccc1. The molecule has 0 amide bonds. The van der Waals surface area contributed by atoms with Crippen LogP contribution in [0.3, 0.4) is 0 Å². The molecule has 0 saturated heterocycles. The van der Waals surface area contributed by atoms with Crippen molar-refractivity contribution in [3.8, 4) is 0 Å². The second-order valence-corrected chi connectivity index (χ2v) is 6.09. The highest BCUT2D eigenvalue weighted by Gasteiger charge is 2.30. The van der Waals surface area contributed by atoms with Crippen molar-refractivity contribution in [3.05, 3.63) is 70.2 Å². The molecular formula is C16H13ClF3N3S. The van der Waals surface area contributed by atoms with E-state index in [1.54, 1.807) is 0 Å². The zero-order valence-corrected chi connectivity index (χ0v) is 13.9. The molecule has 0 heterocycles. The van der Waals surface area contributed by atoms with Gasteiger partial charge in [-0.3, -0.25) is 0 Å². The van der Waals surface area contributed by atoms with Crippen LogP contribution in [0.25, 0.3) is 0 Å². The van der Waals surface area contributed by atoms with Gasteiger partial charge >= 0.3 is 6.18 Å². The Morgan fingerprint density at radius 3 is 2.54 bits per heavy atom. The summed E-state index contributed by atoms with van der Waals surface area (Å²) in [7, 11) is 0. The largest absolute Gasteiger partial charge is 0.416 e. The predicted octanol–water partition coefficient (Wildman–Crippen LogP) is 4.94. The fourth-order valence-electron chi connectivity index (χ4n) is 1.73. The molecule has 0 radical (unpaired) electrons. The summed E-state index contributed by atoms with van der Waals surface area (Å²) in [5.74, 6) is 0.621. The van der Waals surface area contributed by atoms with Gasteiger partial charge in [0.25, 0.3) is 0 Å². The maximum atomic E-state index is 12.7. The van der Waals surface area contributed by atoms with E-state index in [1.807, 2.05) is 30.3 Å². The lowest BCUT2D eigenvalue weighted by Crippen LogP contribution is -2.06. The summed E-state index contributed by atoms with van der Waals surface area (Å²) in [6, 6.07) is 12.6. The van der Waals surface area contributed by atoms with Gasteiger partial charge in [0, 0.05) is 16.3 Å². The molecule has 126 valence electrons. The fourth-order valence-corrected chi connectivity index (χ4v) is 2.51. The zero-order chi connectivity index (χ0) is 17.6.